The van der Waals surface area contributed by atoms with Crippen molar-refractivity contribution in [1.82, 2.24) is 0 Å². The van der Waals surface area contributed by atoms with E-state index in [4.69, 9.17) is 9.57 Å². The standard InChI is InChI=1S/C25H25NO2/c1-16-14-17(2)22(18(3)15-16)24-23(19-8-6-5-7-9-19)25(28-26-24)20-10-12-21(27-4)13-11-20/h5-15,23,25H,1-4H3/t23-,25+/m1/s1. The molecule has 0 radical (unpaired) electrons. The van der Waals surface area contributed by atoms with Gasteiger partial charge in [0.25, 0.3) is 0 Å². The number of hydrogen-bond acceptors (Lipinski definition) is 3. The smallest absolute Gasteiger partial charge is 0.165 e. The summed E-state index contributed by atoms with van der Waals surface area (Å²) in [5.74, 6) is 0.874. The second-order valence-electron chi connectivity index (χ2n) is 7.44. The molecule has 28 heavy (non-hydrogen) atoms. The summed E-state index contributed by atoms with van der Waals surface area (Å²) in [5, 5.41) is 4.60. The van der Waals surface area contributed by atoms with Crippen LogP contribution in [0.25, 0.3) is 0 Å². The Bertz CT molecular complexity index is 983. The summed E-state index contributed by atoms with van der Waals surface area (Å²) < 4.78 is 5.31. The van der Waals surface area contributed by atoms with Crippen LogP contribution in [-0.2, 0) is 4.84 Å². The molecule has 0 spiro atoms. The number of benzene rings is 3. The first kappa shape index (κ1) is 18.3. The average molecular weight is 371 g/mol. The molecule has 0 aromatic heterocycles. The lowest BCUT2D eigenvalue weighted by Gasteiger charge is -2.22. The highest BCUT2D eigenvalue weighted by Crippen LogP contribution is 2.43. The third kappa shape index (κ3) is 3.29. The van der Waals surface area contributed by atoms with Crippen molar-refractivity contribution in [2.24, 2.45) is 5.16 Å². The SMILES string of the molecule is COc1ccc([C@@H]2ON=C(c3c(C)cc(C)cc3C)[C@H]2c2ccccc2)cc1. The third-order valence-corrected chi connectivity index (χ3v) is 5.40. The van der Waals surface area contributed by atoms with Gasteiger partial charge in [-0.3, -0.25) is 0 Å². The molecule has 142 valence electrons. The number of ether oxygens (including phenoxy) is 1. The lowest BCUT2D eigenvalue weighted by Crippen LogP contribution is -2.18. The fourth-order valence-electron chi connectivity index (χ4n) is 4.20. The second-order valence-corrected chi connectivity index (χ2v) is 7.44. The van der Waals surface area contributed by atoms with Gasteiger partial charge in [-0.1, -0.05) is 65.3 Å². The summed E-state index contributed by atoms with van der Waals surface area (Å²) in [5.41, 5.74) is 8.22. The zero-order chi connectivity index (χ0) is 19.7. The van der Waals surface area contributed by atoms with Gasteiger partial charge in [-0.05, 0) is 55.2 Å². The molecule has 4 rings (SSSR count). The monoisotopic (exact) mass is 371 g/mol. The molecule has 0 saturated heterocycles. The molecule has 3 nitrogen and oxygen atoms in total. The quantitative estimate of drug-likeness (QED) is 0.573. The lowest BCUT2D eigenvalue weighted by molar-refractivity contribution is 0.0762. The van der Waals surface area contributed by atoms with Crippen molar-refractivity contribution in [2.75, 3.05) is 7.11 Å². The van der Waals surface area contributed by atoms with E-state index in [0.29, 0.717) is 0 Å². The molecule has 0 N–H and O–H groups in total. The van der Waals surface area contributed by atoms with Crippen molar-refractivity contribution in [2.45, 2.75) is 32.8 Å². The molecule has 2 atom stereocenters. The summed E-state index contributed by atoms with van der Waals surface area (Å²) in [6.45, 7) is 6.44. The fourth-order valence-corrected chi connectivity index (χ4v) is 4.20. The molecule has 1 heterocycles. The van der Waals surface area contributed by atoms with E-state index >= 15 is 0 Å². The van der Waals surface area contributed by atoms with Crippen molar-refractivity contribution in [3.05, 3.63) is 100 Å². The molecule has 0 saturated carbocycles. The maximum atomic E-state index is 6.03. The van der Waals surface area contributed by atoms with Gasteiger partial charge < -0.3 is 9.57 Å². The topological polar surface area (TPSA) is 30.8 Å². The molecule has 1 aliphatic rings. The first-order valence-electron chi connectivity index (χ1n) is 9.59. The van der Waals surface area contributed by atoms with Crippen LogP contribution in [0.15, 0.2) is 71.9 Å². The Morgan fingerprint density at radius 1 is 0.821 bits per heavy atom. The van der Waals surface area contributed by atoms with Crippen molar-refractivity contribution >= 4 is 5.71 Å². The zero-order valence-electron chi connectivity index (χ0n) is 16.8. The molecule has 0 bridgehead atoms. The van der Waals surface area contributed by atoms with Crippen LogP contribution in [0.1, 0.15) is 45.4 Å². The predicted molar refractivity (Wildman–Crippen MR) is 113 cm³/mol. The molecule has 0 unspecified atom stereocenters. The average Bonchev–Trinajstić information content (AvgIpc) is 3.12. The van der Waals surface area contributed by atoms with Crippen molar-refractivity contribution in [3.63, 3.8) is 0 Å². The summed E-state index contributed by atoms with van der Waals surface area (Å²) in [6, 6.07) is 23.0. The molecular formula is C25H25NO2. The first-order valence-corrected chi connectivity index (χ1v) is 9.59. The van der Waals surface area contributed by atoms with Crippen LogP contribution in [0.4, 0.5) is 0 Å². The Morgan fingerprint density at radius 3 is 2.07 bits per heavy atom. The number of oxime groups is 1. The maximum absolute atomic E-state index is 6.03. The van der Waals surface area contributed by atoms with Gasteiger partial charge >= 0.3 is 0 Å². The van der Waals surface area contributed by atoms with Gasteiger partial charge in [0, 0.05) is 5.56 Å². The van der Waals surface area contributed by atoms with Crippen molar-refractivity contribution in [1.29, 1.82) is 0 Å². The van der Waals surface area contributed by atoms with Gasteiger partial charge in [-0.2, -0.15) is 0 Å². The summed E-state index contributed by atoms with van der Waals surface area (Å²) in [7, 11) is 1.68. The van der Waals surface area contributed by atoms with E-state index in [9.17, 15) is 0 Å². The van der Waals surface area contributed by atoms with Crippen LogP contribution < -0.4 is 4.74 Å². The van der Waals surface area contributed by atoms with Gasteiger partial charge in [0.2, 0.25) is 0 Å². The highest BCUT2D eigenvalue weighted by Gasteiger charge is 2.38. The van der Waals surface area contributed by atoms with Gasteiger partial charge in [0.15, 0.2) is 6.10 Å². The number of nitrogens with zero attached hydrogens (tertiary/aromatic N) is 1. The zero-order valence-corrected chi connectivity index (χ0v) is 16.8. The van der Waals surface area contributed by atoms with Crippen LogP contribution in [-0.4, -0.2) is 12.8 Å². The molecule has 0 fully saturated rings. The molecular weight excluding hydrogens is 346 g/mol. The molecule has 0 aliphatic carbocycles. The highest BCUT2D eigenvalue weighted by atomic mass is 16.6. The Labute approximate surface area is 166 Å². The predicted octanol–water partition coefficient (Wildman–Crippen LogP) is 5.88. The first-order chi connectivity index (χ1) is 13.6. The minimum Gasteiger partial charge on any atom is -0.497 e. The highest BCUT2D eigenvalue weighted by molar-refractivity contribution is 6.08. The van der Waals surface area contributed by atoms with Gasteiger partial charge in [-0.15, -0.1) is 0 Å². The number of aryl methyl sites for hydroxylation is 3. The van der Waals surface area contributed by atoms with E-state index in [-0.39, 0.29) is 12.0 Å². The third-order valence-electron chi connectivity index (χ3n) is 5.40. The van der Waals surface area contributed by atoms with E-state index in [0.717, 1.165) is 17.0 Å². The number of hydrogen-bond donors (Lipinski definition) is 0. The molecule has 3 heteroatoms. The van der Waals surface area contributed by atoms with Crippen LogP contribution in [0.5, 0.6) is 5.75 Å². The van der Waals surface area contributed by atoms with Crippen LogP contribution in [0, 0.1) is 20.8 Å². The second kappa shape index (κ2) is 7.51. The van der Waals surface area contributed by atoms with Crippen LogP contribution in [0.2, 0.25) is 0 Å². The van der Waals surface area contributed by atoms with Gasteiger partial charge in [-0.25, -0.2) is 0 Å². The Kier molecular flexibility index (Phi) is 4.91. The van der Waals surface area contributed by atoms with Crippen molar-refractivity contribution in [3.8, 4) is 5.75 Å². The lowest BCUT2D eigenvalue weighted by atomic mass is 9.81. The van der Waals surface area contributed by atoms with Crippen molar-refractivity contribution < 1.29 is 9.57 Å². The Balaban J connectivity index is 1.81. The summed E-state index contributed by atoms with van der Waals surface area (Å²) in [6.07, 6.45) is -0.164. The van der Waals surface area contributed by atoms with E-state index in [1.54, 1.807) is 7.11 Å². The minimum absolute atomic E-state index is 0.0368. The summed E-state index contributed by atoms with van der Waals surface area (Å²) in [4.78, 5) is 6.03. The number of rotatable bonds is 4. The fraction of sp³-hybridized carbons (Fsp3) is 0.240. The maximum Gasteiger partial charge on any atom is 0.165 e. The van der Waals surface area contributed by atoms with Gasteiger partial charge in [0.1, 0.15) is 5.75 Å². The molecule has 0 amide bonds. The van der Waals surface area contributed by atoms with E-state index in [1.807, 2.05) is 18.2 Å². The Hall–Kier alpha value is -3.07. The van der Waals surface area contributed by atoms with Crippen LogP contribution >= 0.6 is 0 Å². The van der Waals surface area contributed by atoms with E-state index in [1.165, 1.54) is 27.8 Å². The normalized spacial score (nSPS) is 18.5. The number of methoxy groups -OCH3 is 1. The molecule has 1 aliphatic heterocycles. The molecule has 3 aromatic rings. The van der Waals surface area contributed by atoms with E-state index in [2.05, 4.69) is 74.5 Å². The van der Waals surface area contributed by atoms with E-state index < -0.39 is 0 Å². The molecule has 3 aromatic carbocycles. The largest absolute Gasteiger partial charge is 0.497 e. The van der Waals surface area contributed by atoms with Gasteiger partial charge in [0.05, 0.1) is 18.7 Å². The summed E-state index contributed by atoms with van der Waals surface area (Å²) >= 11 is 0. The Morgan fingerprint density at radius 2 is 1.46 bits per heavy atom. The van der Waals surface area contributed by atoms with Crippen LogP contribution in [0.3, 0.4) is 0 Å². The minimum atomic E-state index is -0.164.